The number of anilines is 1. The van der Waals surface area contributed by atoms with E-state index in [0.29, 0.717) is 23.1 Å². The number of sulfonamides is 1. The van der Waals surface area contributed by atoms with Crippen molar-refractivity contribution >= 4 is 21.6 Å². The molecule has 2 aromatic heterocycles. The maximum atomic E-state index is 12.9. The van der Waals surface area contributed by atoms with Crippen molar-refractivity contribution < 1.29 is 26.4 Å². The lowest BCUT2D eigenvalue weighted by atomic mass is 10.1. The Bertz CT molecular complexity index is 1250. The molecule has 2 N–H and O–H groups in total. The Morgan fingerprint density at radius 3 is 2.39 bits per heavy atom. The van der Waals surface area contributed by atoms with E-state index in [-0.39, 0.29) is 23.8 Å². The molecule has 0 fully saturated rings. The fourth-order valence-electron chi connectivity index (χ4n) is 3.19. The van der Waals surface area contributed by atoms with Gasteiger partial charge in [-0.3, -0.25) is 9.52 Å². The predicted octanol–water partition coefficient (Wildman–Crippen LogP) is 3.71. The van der Waals surface area contributed by atoms with Gasteiger partial charge in [0.05, 0.1) is 35.0 Å². The van der Waals surface area contributed by atoms with E-state index in [0.717, 1.165) is 12.3 Å². The molecule has 8 nitrogen and oxygen atoms in total. The van der Waals surface area contributed by atoms with Gasteiger partial charge in [-0.15, -0.1) is 0 Å². The number of carbonyl (C=O) groups is 1. The molecule has 2 heterocycles. The summed E-state index contributed by atoms with van der Waals surface area (Å²) in [6.45, 7) is 3.68. The van der Waals surface area contributed by atoms with E-state index < -0.39 is 27.7 Å². The number of para-hydroxylation sites is 1. The van der Waals surface area contributed by atoms with Crippen molar-refractivity contribution in [2.75, 3.05) is 11.0 Å². The number of halogens is 3. The Morgan fingerprint density at radius 2 is 1.82 bits per heavy atom. The van der Waals surface area contributed by atoms with Crippen molar-refractivity contribution in [1.29, 1.82) is 0 Å². The molecule has 0 spiro atoms. The maximum Gasteiger partial charge on any atom is 0.417 e. The monoisotopic (exact) mass is 481 g/mol. The molecular formula is C21H22F3N5O3S. The summed E-state index contributed by atoms with van der Waals surface area (Å²) in [7, 11) is -3.50. The van der Waals surface area contributed by atoms with Crippen molar-refractivity contribution in [1.82, 2.24) is 20.1 Å². The van der Waals surface area contributed by atoms with Crippen molar-refractivity contribution in [3.8, 4) is 5.82 Å². The molecule has 0 aliphatic rings. The van der Waals surface area contributed by atoms with Gasteiger partial charge in [-0.1, -0.05) is 32.0 Å². The number of nitrogens with zero attached hydrogens (tertiary/aromatic N) is 3. The van der Waals surface area contributed by atoms with Crippen molar-refractivity contribution in [2.45, 2.75) is 32.5 Å². The highest BCUT2D eigenvalue weighted by Gasteiger charge is 2.31. The van der Waals surface area contributed by atoms with Crippen LogP contribution in [0.5, 0.6) is 0 Å². The summed E-state index contributed by atoms with van der Waals surface area (Å²) >= 11 is 0. The number of hydrogen-bond donors (Lipinski definition) is 2. The van der Waals surface area contributed by atoms with Gasteiger partial charge in [0.15, 0.2) is 5.82 Å². The van der Waals surface area contributed by atoms with Gasteiger partial charge >= 0.3 is 6.18 Å². The fraction of sp³-hybridized carbons (Fsp3) is 0.286. The van der Waals surface area contributed by atoms with E-state index in [1.165, 1.54) is 16.9 Å². The smallest absolute Gasteiger partial charge is 0.348 e. The van der Waals surface area contributed by atoms with Crippen LogP contribution in [0.4, 0.5) is 18.9 Å². The molecule has 1 aromatic carbocycles. The molecule has 0 radical (unpaired) electrons. The zero-order valence-electron chi connectivity index (χ0n) is 18.0. The van der Waals surface area contributed by atoms with Crippen LogP contribution in [0.25, 0.3) is 5.82 Å². The number of pyridine rings is 1. The number of carbonyl (C=O) groups excluding carboxylic acids is 1. The second kappa shape index (κ2) is 9.22. The van der Waals surface area contributed by atoms with E-state index >= 15 is 0 Å². The summed E-state index contributed by atoms with van der Waals surface area (Å²) in [5.74, 6) is -0.518. The van der Waals surface area contributed by atoms with Crippen LogP contribution in [0, 0.1) is 0 Å². The lowest BCUT2D eigenvalue weighted by molar-refractivity contribution is -0.137. The third-order valence-electron chi connectivity index (χ3n) is 4.64. The van der Waals surface area contributed by atoms with Crippen LogP contribution in [0.2, 0.25) is 0 Å². The Hall–Kier alpha value is -3.41. The Balaban J connectivity index is 1.85. The van der Waals surface area contributed by atoms with Gasteiger partial charge in [-0.2, -0.15) is 18.3 Å². The molecule has 12 heteroatoms. The predicted molar refractivity (Wildman–Crippen MR) is 117 cm³/mol. The maximum absolute atomic E-state index is 12.9. The minimum absolute atomic E-state index is 0.0404. The molecule has 0 bridgehead atoms. The first-order valence-corrected chi connectivity index (χ1v) is 11.7. The zero-order valence-corrected chi connectivity index (χ0v) is 18.8. The molecule has 0 saturated heterocycles. The van der Waals surface area contributed by atoms with Crippen LogP contribution >= 0.6 is 0 Å². The highest BCUT2D eigenvalue weighted by Crippen LogP contribution is 2.29. The van der Waals surface area contributed by atoms with E-state index in [1.54, 1.807) is 24.3 Å². The second-order valence-electron chi connectivity index (χ2n) is 7.63. The summed E-state index contributed by atoms with van der Waals surface area (Å²) in [5, 5.41) is 6.90. The van der Waals surface area contributed by atoms with E-state index in [1.807, 2.05) is 13.8 Å². The highest BCUT2D eigenvalue weighted by atomic mass is 32.2. The molecule has 0 aliphatic carbocycles. The summed E-state index contributed by atoms with van der Waals surface area (Å²) < 4.78 is 65.4. The molecular weight excluding hydrogens is 459 g/mol. The first-order valence-electron chi connectivity index (χ1n) is 9.82. The van der Waals surface area contributed by atoms with Crippen molar-refractivity contribution in [3.63, 3.8) is 0 Å². The number of benzene rings is 1. The third kappa shape index (κ3) is 5.89. The molecule has 3 aromatic rings. The first-order chi connectivity index (χ1) is 15.4. The van der Waals surface area contributed by atoms with Gasteiger partial charge in [-0.25, -0.2) is 18.1 Å². The van der Waals surface area contributed by atoms with Crippen LogP contribution in [-0.2, 0) is 22.7 Å². The van der Waals surface area contributed by atoms with Gasteiger partial charge in [0.1, 0.15) is 0 Å². The number of hydrogen-bond acceptors (Lipinski definition) is 5. The molecule has 3 rings (SSSR count). The Labute approximate surface area is 188 Å². The molecule has 33 heavy (non-hydrogen) atoms. The van der Waals surface area contributed by atoms with Gasteiger partial charge in [0.2, 0.25) is 10.0 Å². The van der Waals surface area contributed by atoms with E-state index in [4.69, 9.17) is 0 Å². The average molecular weight is 482 g/mol. The lowest BCUT2D eigenvalue weighted by Gasteiger charge is -2.14. The van der Waals surface area contributed by atoms with E-state index in [2.05, 4.69) is 20.1 Å². The molecule has 0 unspecified atom stereocenters. The van der Waals surface area contributed by atoms with Gasteiger partial charge in [0, 0.05) is 12.7 Å². The molecule has 0 saturated carbocycles. The van der Waals surface area contributed by atoms with Crippen LogP contribution in [0.15, 0.2) is 48.8 Å². The Morgan fingerprint density at radius 1 is 1.12 bits per heavy atom. The summed E-state index contributed by atoms with van der Waals surface area (Å²) in [4.78, 5) is 16.8. The minimum atomic E-state index is -4.51. The van der Waals surface area contributed by atoms with Gasteiger partial charge < -0.3 is 5.32 Å². The quantitative estimate of drug-likeness (QED) is 0.535. The van der Waals surface area contributed by atoms with Crippen LogP contribution in [0.3, 0.4) is 0 Å². The number of amides is 1. The Kier molecular flexibility index (Phi) is 6.77. The fourth-order valence-corrected chi connectivity index (χ4v) is 3.79. The van der Waals surface area contributed by atoms with Crippen LogP contribution in [0.1, 0.15) is 46.9 Å². The van der Waals surface area contributed by atoms with Crippen molar-refractivity contribution in [2.24, 2.45) is 0 Å². The number of nitrogens with one attached hydrogen (secondary N) is 2. The zero-order chi connectivity index (χ0) is 24.4. The minimum Gasteiger partial charge on any atom is -0.348 e. The lowest BCUT2D eigenvalue weighted by Crippen LogP contribution is -2.25. The highest BCUT2D eigenvalue weighted by molar-refractivity contribution is 7.92. The van der Waals surface area contributed by atoms with Crippen LogP contribution in [-0.4, -0.2) is 35.3 Å². The third-order valence-corrected chi connectivity index (χ3v) is 5.23. The topological polar surface area (TPSA) is 106 Å². The number of alkyl halides is 3. The standard InChI is InChI=1S/C21H22F3N5O3S/c1-13(2)19-16(12-27-29(19)18-9-8-15(11-25-18)21(22,23)24)20(30)26-10-14-6-4-5-7-17(14)28-33(3,31)32/h4-9,11-13,28H,10H2,1-3H3,(H,26,30). The normalized spacial score (nSPS) is 12.1. The number of aromatic nitrogens is 3. The average Bonchev–Trinajstić information content (AvgIpc) is 3.17. The molecule has 0 atom stereocenters. The second-order valence-corrected chi connectivity index (χ2v) is 9.38. The van der Waals surface area contributed by atoms with Gasteiger partial charge in [-0.05, 0) is 29.7 Å². The largest absolute Gasteiger partial charge is 0.417 e. The van der Waals surface area contributed by atoms with Crippen molar-refractivity contribution in [3.05, 3.63) is 71.2 Å². The first kappa shape index (κ1) is 24.2. The van der Waals surface area contributed by atoms with Crippen LogP contribution < -0.4 is 10.0 Å². The SMILES string of the molecule is CC(C)c1c(C(=O)NCc2ccccc2NS(C)(=O)=O)cnn1-c1ccc(C(F)(F)F)cn1. The summed E-state index contributed by atoms with van der Waals surface area (Å²) in [6, 6.07) is 8.72. The van der Waals surface area contributed by atoms with Gasteiger partial charge in [0.25, 0.3) is 5.91 Å². The molecule has 176 valence electrons. The molecule has 1 amide bonds. The molecule has 0 aliphatic heterocycles. The van der Waals surface area contributed by atoms with E-state index in [9.17, 15) is 26.4 Å². The number of rotatable bonds is 7. The summed E-state index contributed by atoms with van der Waals surface area (Å²) in [6.07, 6.45) is -1.44. The summed E-state index contributed by atoms with van der Waals surface area (Å²) in [5.41, 5.74) is 0.722.